The number of rotatable bonds is 2. The van der Waals surface area contributed by atoms with Gasteiger partial charge in [0.15, 0.2) is 0 Å². The SMILES string of the molecule is CCC(C)(C)C(=O)N1CC2CC3CC2C1C3O. The second-order valence-electron chi connectivity index (χ2n) is 6.83. The van der Waals surface area contributed by atoms with Gasteiger partial charge in [0, 0.05) is 12.0 Å². The van der Waals surface area contributed by atoms with Crippen LogP contribution in [0.15, 0.2) is 0 Å². The zero-order valence-electron chi connectivity index (χ0n) is 11.0. The molecule has 2 saturated carbocycles. The molecule has 1 N–H and O–H groups in total. The second-order valence-corrected chi connectivity index (χ2v) is 6.83. The molecule has 1 heterocycles. The third-order valence-electron chi connectivity index (χ3n) is 5.57. The van der Waals surface area contributed by atoms with Crippen molar-refractivity contribution in [3.05, 3.63) is 0 Å². The van der Waals surface area contributed by atoms with Crippen LogP contribution in [-0.2, 0) is 4.79 Å². The molecule has 1 aliphatic heterocycles. The Morgan fingerprint density at radius 2 is 2.06 bits per heavy atom. The van der Waals surface area contributed by atoms with Gasteiger partial charge >= 0.3 is 0 Å². The first-order valence-corrected chi connectivity index (χ1v) is 6.95. The minimum absolute atomic E-state index is 0.136. The number of aliphatic hydroxyl groups excluding tert-OH is 1. The molecule has 5 atom stereocenters. The van der Waals surface area contributed by atoms with Crippen molar-refractivity contribution < 1.29 is 9.90 Å². The maximum atomic E-state index is 12.6. The second kappa shape index (κ2) is 3.47. The Morgan fingerprint density at radius 1 is 1.35 bits per heavy atom. The van der Waals surface area contributed by atoms with E-state index in [0.29, 0.717) is 17.8 Å². The molecule has 3 fully saturated rings. The van der Waals surface area contributed by atoms with E-state index in [4.69, 9.17) is 0 Å². The van der Waals surface area contributed by atoms with E-state index in [1.807, 2.05) is 18.7 Å². The third-order valence-corrected chi connectivity index (χ3v) is 5.57. The first kappa shape index (κ1) is 11.5. The predicted octanol–water partition coefficient (Wildman–Crippen LogP) is 1.65. The Kier molecular flexibility index (Phi) is 2.35. The normalized spacial score (nSPS) is 43.5. The van der Waals surface area contributed by atoms with Crippen LogP contribution in [0.1, 0.15) is 40.0 Å². The number of carbonyl (C=O) groups excluding carboxylic acids is 1. The van der Waals surface area contributed by atoms with Gasteiger partial charge in [-0.2, -0.15) is 0 Å². The van der Waals surface area contributed by atoms with Gasteiger partial charge in [0.2, 0.25) is 5.91 Å². The standard InChI is InChI=1S/C14H23NO2/c1-4-14(2,3)13(17)15-7-9-5-8-6-10(9)11(15)12(8)16/h8-12,16H,4-7H2,1-3H3. The molecule has 1 saturated heterocycles. The maximum absolute atomic E-state index is 12.6. The summed E-state index contributed by atoms with van der Waals surface area (Å²) in [7, 11) is 0. The van der Waals surface area contributed by atoms with Crippen LogP contribution in [-0.4, -0.2) is 34.6 Å². The first-order chi connectivity index (χ1) is 7.95. The number of likely N-dealkylation sites (tertiary alicyclic amines) is 1. The fraction of sp³-hybridized carbons (Fsp3) is 0.929. The van der Waals surface area contributed by atoms with Crippen LogP contribution in [0.5, 0.6) is 0 Å². The molecule has 96 valence electrons. The average molecular weight is 237 g/mol. The van der Waals surface area contributed by atoms with Crippen LogP contribution < -0.4 is 0 Å². The van der Waals surface area contributed by atoms with Crippen molar-refractivity contribution in [1.82, 2.24) is 4.90 Å². The third kappa shape index (κ3) is 1.41. The van der Waals surface area contributed by atoms with E-state index in [1.165, 1.54) is 0 Å². The largest absolute Gasteiger partial charge is 0.391 e. The fourth-order valence-corrected chi connectivity index (χ4v) is 4.19. The van der Waals surface area contributed by atoms with Gasteiger partial charge in [0.05, 0.1) is 12.1 Å². The molecule has 0 aromatic carbocycles. The molecule has 0 spiro atoms. The summed E-state index contributed by atoms with van der Waals surface area (Å²) < 4.78 is 0. The lowest BCUT2D eigenvalue weighted by molar-refractivity contribution is -0.143. The molecule has 2 aliphatic carbocycles. The van der Waals surface area contributed by atoms with Crippen molar-refractivity contribution in [2.24, 2.45) is 23.2 Å². The number of nitrogens with zero attached hydrogens (tertiary/aromatic N) is 1. The molecule has 1 amide bonds. The van der Waals surface area contributed by atoms with Crippen molar-refractivity contribution in [2.75, 3.05) is 6.54 Å². The highest BCUT2D eigenvalue weighted by molar-refractivity contribution is 5.82. The van der Waals surface area contributed by atoms with Gasteiger partial charge in [0.1, 0.15) is 0 Å². The van der Waals surface area contributed by atoms with Crippen molar-refractivity contribution >= 4 is 5.91 Å². The molecule has 2 bridgehead atoms. The molecule has 0 aromatic heterocycles. The van der Waals surface area contributed by atoms with Crippen LogP contribution >= 0.6 is 0 Å². The zero-order valence-corrected chi connectivity index (χ0v) is 11.0. The molecule has 17 heavy (non-hydrogen) atoms. The summed E-state index contributed by atoms with van der Waals surface area (Å²) in [4.78, 5) is 14.6. The minimum Gasteiger partial charge on any atom is -0.391 e. The molecule has 3 heteroatoms. The van der Waals surface area contributed by atoms with E-state index in [9.17, 15) is 9.90 Å². The van der Waals surface area contributed by atoms with Crippen LogP contribution in [0.2, 0.25) is 0 Å². The molecule has 0 radical (unpaired) electrons. The quantitative estimate of drug-likeness (QED) is 0.793. The molecular formula is C14H23NO2. The molecule has 3 nitrogen and oxygen atoms in total. The summed E-state index contributed by atoms with van der Waals surface area (Å²) in [5.74, 6) is 1.98. The lowest BCUT2D eigenvalue weighted by atomic mass is 9.86. The van der Waals surface area contributed by atoms with E-state index in [1.54, 1.807) is 0 Å². The smallest absolute Gasteiger partial charge is 0.228 e. The van der Waals surface area contributed by atoms with Gasteiger partial charge in [-0.25, -0.2) is 0 Å². The zero-order chi connectivity index (χ0) is 12.4. The van der Waals surface area contributed by atoms with Gasteiger partial charge in [-0.3, -0.25) is 4.79 Å². The monoisotopic (exact) mass is 237 g/mol. The van der Waals surface area contributed by atoms with Crippen molar-refractivity contribution in [3.8, 4) is 0 Å². The number of fused-ring (bicyclic) bond motifs is 1. The van der Waals surface area contributed by atoms with Gasteiger partial charge in [-0.1, -0.05) is 20.8 Å². The molecule has 3 rings (SSSR count). The molecule has 0 aromatic rings. The molecule has 3 aliphatic rings. The number of amides is 1. The van der Waals surface area contributed by atoms with E-state index < -0.39 is 0 Å². The lowest BCUT2D eigenvalue weighted by Gasteiger charge is -2.34. The highest BCUT2D eigenvalue weighted by Crippen LogP contribution is 2.55. The summed E-state index contributed by atoms with van der Waals surface area (Å²) in [6.45, 7) is 7.00. The van der Waals surface area contributed by atoms with Crippen LogP contribution in [0.3, 0.4) is 0 Å². The van der Waals surface area contributed by atoms with E-state index >= 15 is 0 Å². The summed E-state index contributed by atoms with van der Waals surface area (Å²) >= 11 is 0. The van der Waals surface area contributed by atoms with E-state index in [2.05, 4.69) is 6.92 Å². The van der Waals surface area contributed by atoms with Crippen molar-refractivity contribution in [1.29, 1.82) is 0 Å². The fourth-order valence-electron chi connectivity index (χ4n) is 4.19. The number of carbonyl (C=O) groups is 1. The Balaban J connectivity index is 1.85. The van der Waals surface area contributed by atoms with Crippen LogP contribution in [0, 0.1) is 23.2 Å². The van der Waals surface area contributed by atoms with Gasteiger partial charge in [-0.15, -0.1) is 0 Å². The predicted molar refractivity (Wildman–Crippen MR) is 65.3 cm³/mol. The number of hydrogen-bond acceptors (Lipinski definition) is 2. The summed E-state index contributed by atoms with van der Waals surface area (Å²) in [6, 6.07) is 0.136. The molecular weight excluding hydrogens is 214 g/mol. The maximum Gasteiger partial charge on any atom is 0.228 e. The average Bonchev–Trinajstić information content (AvgIpc) is 2.88. The Hall–Kier alpha value is -0.570. The van der Waals surface area contributed by atoms with Gasteiger partial charge in [0.25, 0.3) is 0 Å². The van der Waals surface area contributed by atoms with Crippen LogP contribution in [0.4, 0.5) is 0 Å². The number of aliphatic hydroxyl groups is 1. The topological polar surface area (TPSA) is 40.5 Å². The Labute approximate surface area is 103 Å². The van der Waals surface area contributed by atoms with Gasteiger partial charge in [-0.05, 0) is 37.0 Å². The summed E-state index contributed by atoms with van der Waals surface area (Å²) in [6.07, 6.45) is 2.89. The number of hydrogen-bond donors (Lipinski definition) is 1. The van der Waals surface area contributed by atoms with Crippen molar-refractivity contribution in [2.45, 2.75) is 52.2 Å². The lowest BCUT2D eigenvalue weighted by Crippen LogP contribution is -2.48. The first-order valence-electron chi connectivity index (χ1n) is 6.95. The summed E-state index contributed by atoms with van der Waals surface area (Å²) in [5, 5.41) is 10.3. The Bertz CT molecular complexity index is 350. The summed E-state index contributed by atoms with van der Waals surface area (Å²) in [5.41, 5.74) is -0.276. The Morgan fingerprint density at radius 3 is 2.65 bits per heavy atom. The highest BCUT2D eigenvalue weighted by Gasteiger charge is 2.60. The molecule has 5 unspecified atom stereocenters. The van der Waals surface area contributed by atoms with Crippen molar-refractivity contribution in [3.63, 3.8) is 0 Å². The highest BCUT2D eigenvalue weighted by atomic mass is 16.3. The van der Waals surface area contributed by atoms with Crippen LogP contribution in [0.25, 0.3) is 0 Å². The van der Waals surface area contributed by atoms with E-state index in [0.717, 1.165) is 25.8 Å². The van der Waals surface area contributed by atoms with E-state index in [-0.39, 0.29) is 23.5 Å². The van der Waals surface area contributed by atoms with Gasteiger partial charge < -0.3 is 10.0 Å². The minimum atomic E-state index is -0.276.